The Morgan fingerprint density at radius 2 is 2.30 bits per heavy atom. The SMILES string of the molecule is Cc1[nH]c2nc[nH+]c(Nc3ccc(C(N)=O)cc3OC3CCOC3)c2c1C. The van der Waals surface area contributed by atoms with Gasteiger partial charge < -0.3 is 20.2 Å². The molecule has 1 amide bonds. The number of fused-ring (bicyclic) bond motifs is 1. The molecule has 3 aromatic rings. The number of aromatic amines is 2. The summed E-state index contributed by atoms with van der Waals surface area (Å²) < 4.78 is 11.5. The largest absolute Gasteiger partial charge is 0.484 e. The number of ether oxygens (including phenoxy) is 2. The van der Waals surface area contributed by atoms with Gasteiger partial charge in [-0.2, -0.15) is 0 Å². The lowest BCUT2D eigenvalue weighted by atomic mass is 10.1. The summed E-state index contributed by atoms with van der Waals surface area (Å²) in [6.45, 7) is 5.25. The minimum Gasteiger partial charge on any atom is -0.484 e. The van der Waals surface area contributed by atoms with Crippen molar-refractivity contribution in [3.63, 3.8) is 0 Å². The molecular weight excluding hydrogens is 346 g/mol. The van der Waals surface area contributed by atoms with Gasteiger partial charge in [0, 0.05) is 17.7 Å². The highest BCUT2D eigenvalue weighted by molar-refractivity contribution is 5.95. The molecule has 1 aliphatic rings. The van der Waals surface area contributed by atoms with Crippen LogP contribution in [0, 0.1) is 13.8 Å². The number of carbonyl (C=O) groups is 1. The minimum atomic E-state index is -0.496. The zero-order valence-electron chi connectivity index (χ0n) is 15.3. The highest BCUT2D eigenvalue weighted by Gasteiger charge is 2.22. The normalized spacial score (nSPS) is 16.6. The quantitative estimate of drug-likeness (QED) is 0.637. The molecule has 0 radical (unpaired) electrons. The van der Waals surface area contributed by atoms with E-state index in [0.29, 0.717) is 24.5 Å². The van der Waals surface area contributed by atoms with Crippen LogP contribution in [-0.2, 0) is 4.74 Å². The van der Waals surface area contributed by atoms with E-state index in [-0.39, 0.29) is 6.10 Å². The molecule has 3 heterocycles. The summed E-state index contributed by atoms with van der Waals surface area (Å²) in [6, 6.07) is 5.13. The number of nitrogens with two attached hydrogens (primary N) is 1. The number of benzene rings is 1. The van der Waals surface area contributed by atoms with Crippen LogP contribution in [0.4, 0.5) is 11.5 Å². The lowest BCUT2D eigenvalue weighted by Crippen LogP contribution is -2.18. The Labute approximate surface area is 156 Å². The summed E-state index contributed by atoms with van der Waals surface area (Å²) in [4.78, 5) is 22.4. The van der Waals surface area contributed by atoms with Crippen LogP contribution in [0.15, 0.2) is 24.5 Å². The predicted octanol–water partition coefficient (Wildman–Crippen LogP) is 2.00. The topological polar surface area (TPSA) is 116 Å². The second-order valence-corrected chi connectivity index (χ2v) is 6.68. The standard InChI is InChI=1S/C19H21N5O3/c1-10-11(2)23-18-16(10)19(22-9-21-18)24-14-4-3-12(17(20)25)7-15(14)27-13-5-6-26-8-13/h3-4,7,9,13H,5-6,8H2,1-2H3,(H2,20,25)(H2,21,22,23,24)/p+1. The monoisotopic (exact) mass is 368 g/mol. The maximum atomic E-state index is 11.6. The van der Waals surface area contributed by atoms with Gasteiger partial charge in [-0.1, -0.05) is 4.98 Å². The maximum absolute atomic E-state index is 11.6. The second kappa shape index (κ2) is 6.88. The fraction of sp³-hybridized carbons (Fsp3) is 0.316. The average molecular weight is 368 g/mol. The molecule has 2 aromatic heterocycles. The van der Waals surface area contributed by atoms with Crippen LogP contribution in [0.25, 0.3) is 11.0 Å². The molecule has 8 heteroatoms. The number of rotatable bonds is 5. The number of nitrogens with zero attached hydrogens (tertiary/aromatic N) is 1. The van der Waals surface area contributed by atoms with Gasteiger partial charge in [-0.25, -0.2) is 4.98 Å². The van der Waals surface area contributed by atoms with Crippen LogP contribution in [0.2, 0.25) is 0 Å². The summed E-state index contributed by atoms with van der Waals surface area (Å²) in [5, 5.41) is 4.35. The number of anilines is 2. The summed E-state index contributed by atoms with van der Waals surface area (Å²) in [5.41, 5.74) is 9.52. The van der Waals surface area contributed by atoms with Crippen LogP contribution < -0.4 is 20.8 Å². The van der Waals surface area contributed by atoms with Gasteiger partial charge in [0.1, 0.15) is 17.2 Å². The summed E-state index contributed by atoms with van der Waals surface area (Å²) >= 11 is 0. The van der Waals surface area contributed by atoms with E-state index in [0.717, 1.165) is 40.2 Å². The van der Waals surface area contributed by atoms with Gasteiger partial charge >= 0.3 is 0 Å². The molecule has 1 aromatic carbocycles. The Balaban J connectivity index is 1.74. The van der Waals surface area contributed by atoms with Crippen LogP contribution >= 0.6 is 0 Å². The molecule has 0 spiro atoms. The predicted molar refractivity (Wildman–Crippen MR) is 100 cm³/mol. The van der Waals surface area contributed by atoms with Crippen molar-refractivity contribution >= 4 is 28.4 Å². The van der Waals surface area contributed by atoms with E-state index in [4.69, 9.17) is 15.2 Å². The van der Waals surface area contributed by atoms with Crippen molar-refractivity contribution in [2.75, 3.05) is 18.5 Å². The molecule has 1 atom stereocenters. The number of hydrogen-bond acceptors (Lipinski definition) is 5. The van der Waals surface area contributed by atoms with E-state index >= 15 is 0 Å². The fourth-order valence-electron chi connectivity index (χ4n) is 3.23. The number of aromatic nitrogens is 3. The molecule has 1 unspecified atom stereocenters. The first-order valence-corrected chi connectivity index (χ1v) is 8.83. The molecule has 1 saturated heterocycles. The zero-order valence-corrected chi connectivity index (χ0v) is 15.3. The van der Waals surface area contributed by atoms with Crippen molar-refractivity contribution in [3.8, 4) is 5.75 Å². The molecular formula is C19H22N5O3+. The Morgan fingerprint density at radius 3 is 3.04 bits per heavy atom. The number of hydrogen-bond donors (Lipinski definition) is 3. The van der Waals surface area contributed by atoms with Crippen molar-refractivity contribution in [1.82, 2.24) is 9.97 Å². The first kappa shape index (κ1) is 17.3. The molecule has 8 nitrogen and oxygen atoms in total. The van der Waals surface area contributed by atoms with Crippen LogP contribution in [0.1, 0.15) is 28.0 Å². The third-order valence-electron chi connectivity index (χ3n) is 4.84. The van der Waals surface area contributed by atoms with Crippen molar-refractivity contribution < 1.29 is 19.3 Å². The van der Waals surface area contributed by atoms with Crippen molar-refractivity contribution in [2.24, 2.45) is 5.73 Å². The fourth-order valence-corrected chi connectivity index (χ4v) is 3.23. The van der Waals surface area contributed by atoms with Crippen molar-refractivity contribution in [1.29, 1.82) is 0 Å². The molecule has 0 aliphatic carbocycles. The third-order valence-corrected chi connectivity index (χ3v) is 4.84. The molecule has 0 bridgehead atoms. The zero-order chi connectivity index (χ0) is 19.0. The Morgan fingerprint density at radius 1 is 1.44 bits per heavy atom. The highest BCUT2D eigenvalue weighted by atomic mass is 16.5. The molecule has 4 rings (SSSR count). The second-order valence-electron chi connectivity index (χ2n) is 6.68. The number of amides is 1. The van der Waals surface area contributed by atoms with Crippen molar-refractivity contribution in [3.05, 3.63) is 41.3 Å². The van der Waals surface area contributed by atoms with Gasteiger partial charge in [-0.05, 0) is 37.6 Å². The molecule has 0 saturated carbocycles. The first-order valence-electron chi connectivity index (χ1n) is 8.83. The Hall–Kier alpha value is -3.13. The highest BCUT2D eigenvalue weighted by Crippen LogP contribution is 2.33. The van der Waals surface area contributed by atoms with Gasteiger partial charge in [0.25, 0.3) is 0 Å². The summed E-state index contributed by atoms with van der Waals surface area (Å²) in [5.74, 6) is 0.857. The minimum absolute atomic E-state index is 0.0497. The van der Waals surface area contributed by atoms with E-state index in [1.807, 2.05) is 13.8 Å². The average Bonchev–Trinajstić information content (AvgIpc) is 3.25. The maximum Gasteiger partial charge on any atom is 0.248 e. The van der Waals surface area contributed by atoms with Crippen LogP contribution in [-0.4, -0.2) is 35.2 Å². The van der Waals surface area contributed by atoms with Gasteiger partial charge in [0.05, 0.1) is 13.2 Å². The van der Waals surface area contributed by atoms with Gasteiger partial charge in [0.15, 0.2) is 5.75 Å². The van der Waals surface area contributed by atoms with Crippen LogP contribution in [0.5, 0.6) is 5.75 Å². The van der Waals surface area contributed by atoms with Crippen LogP contribution in [0.3, 0.4) is 0 Å². The van der Waals surface area contributed by atoms with Gasteiger partial charge in [-0.3, -0.25) is 10.1 Å². The number of aryl methyl sites for hydroxylation is 2. The van der Waals surface area contributed by atoms with Gasteiger partial charge in [-0.15, -0.1) is 0 Å². The smallest absolute Gasteiger partial charge is 0.248 e. The third kappa shape index (κ3) is 3.31. The number of nitrogens with one attached hydrogen (secondary N) is 3. The van der Waals surface area contributed by atoms with E-state index < -0.39 is 5.91 Å². The van der Waals surface area contributed by atoms with E-state index in [1.54, 1.807) is 24.5 Å². The first-order chi connectivity index (χ1) is 13.0. The number of primary amides is 1. The van der Waals surface area contributed by atoms with E-state index in [2.05, 4.69) is 20.3 Å². The summed E-state index contributed by atoms with van der Waals surface area (Å²) in [7, 11) is 0. The molecule has 1 fully saturated rings. The molecule has 5 N–H and O–H groups in total. The Bertz CT molecular complexity index is 1010. The molecule has 1 aliphatic heterocycles. The Kier molecular flexibility index (Phi) is 4.41. The number of H-pyrrole nitrogens is 2. The van der Waals surface area contributed by atoms with Gasteiger partial charge in [0.2, 0.25) is 23.7 Å². The number of carbonyl (C=O) groups excluding carboxylic acids is 1. The lowest BCUT2D eigenvalue weighted by Gasteiger charge is -2.15. The van der Waals surface area contributed by atoms with E-state index in [1.165, 1.54) is 0 Å². The van der Waals surface area contributed by atoms with E-state index in [9.17, 15) is 4.79 Å². The summed E-state index contributed by atoms with van der Waals surface area (Å²) in [6.07, 6.45) is 2.39. The van der Waals surface area contributed by atoms with Crippen molar-refractivity contribution in [2.45, 2.75) is 26.4 Å². The molecule has 140 valence electrons. The molecule has 27 heavy (non-hydrogen) atoms. The lowest BCUT2D eigenvalue weighted by molar-refractivity contribution is -0.363.